The minimum absolute atomic E-state index is 0.110. The average Bonchev–Trinajstić information content (AvgIpc) is 2.85. The van der Waals surface area contributed by atoms with Crippen molar-refractivity contribution in [2.75, 3.05) is 0 Å². The number of carbonyl (C=O) groups is 1. The van der Waals surface area contributed by atoms with Gasteiger partial charge in [0, 0.05) is 4.88 Å². The normalized spacial score (nSPS) is 20.9. The lowest BCUT2D eigenvalue weighted by atomic mass is 10.1. The van der Waals surface area contributed by atoms with Gasteiger partial charge in [-0.15, -0.1) is 11.3 Å². The van der Waals surface area contributed by atoms with Gasteiger partial charge in [-0.05, 0) is 39.8 Å². The highest BCUT2D eigenvalue weighted by molar-refractivity contribution is 7.11. The summed E-state index contributed by atoms with van der Waals surface area (Å²) < 4.78 is 11.6. The third-order valence-electron chi connectivity index (χ3n) is 3.79. The van der Waals surface area contributed by atoms with Crippen LogP contribution >= 0.6 is 11.3 Å². The number of thiazole rings is 1. The van der Waals surface area contributed by atoms with Crippen LogP contribution in [-0.4, -0.2) is 23.1 Å². The highest BCUT2D eigenvalue weighted by atomic mass is 32.1. The molecule has 2 heterocycles. The van der Waals surface area contributed by atoms with Gasteiger partial charge in [-0.25, -0.2) is 4.98 Å². The number of para-hydroxylation sites is 2. The van der Waals surface area contributed by atoms with Crippen LogP contribution in [0.25, 0.3) is 0 Å². The minimum atomic E-state index is -0.665. The second-order valence-corrected chi connectivity index (χ2v) is 6.96. The van der Waals surface area contributed by atoms with Crippen molar-refractivity contribution in [2.24, 2.45) is 0 Å². The van der Waals surface area contributed by atoms with Crippen LogP contribution in [-0.2, 0) is 4.79 Å². The Bertz CT molecular complexity index is 728. The molecule has 0 fully saturated rings. The summed E-state index contributed by atoms with van der Waals surface area (Å²) in [5.41, 5.74) is 0.958. The molecular formula is C17H20N2O3S. The van der Waals surface area contributed by atoms with Gasteiger partial charge in [-0.2, -0.15) is 0 Å². The van der Waals surface area contributed by atoms with Crippen LogP contribution in [0.4, 0.5) is 0 Å². The predicted molar refractivity (Wildman–Crippen MR) is 89.1 cm³/mol. The largest absolute Gasteiger partial charge is 0.482 e. The van der Waals surface area contributed by atoms with Crippen LogP contribution in [0.3, 0.4) is 0 Å². The Labute approximate surface area is 139 Å². The molecular weight excluding hydrogens is 312 g/mol. The van der Waals surface area contributed by atoms with Gasteiger partial charge in [0.2, 0.25) is 6.10 Å². The van der Waals surface area contributed by atoms with E-state index in [1.54, 1.807) is 11.3 Å². The maximum absolute atomic E-state index is 12.6. The molecule has 1 amide bonds. The van der Waals surface area contributed by atoms with E-state index in [1.165, 1.54) is 0 Å². The molecule has 0 spiro atoms. The summed E-state index contributed by atoms with van der Waals surface area (Å²) >= 11 is 1.60. The summed E-state index contributed by atoms with van der Waals surface area (Å²) in [6, 6.07) is 7.28. The molecule has 1 aliphatic rings. The first-order valence-corrected chi connectivity index (χ1v) is 8.44. The number of ether oxygens (including phenoxy) is 2. The Kier molecular flexibility index (Phi) is 4.26. The summed E-state index contributed by atoms with van der Waals surface area (Å²) in [7, 11) is 0. The molecule has 23 heavy (non-hydrogen) atoms. The first kappa shape index (κ1) is 15.8. The maximum Gasteiger partial charge on any atom is 0.265 e. The van der Waals surface area contributed by atoms with Crippen molar-refractivity contribution >= 4 is 17.2 Å². The number of benzene rings is 1. The molecule has 122 valence electrons. The van der Waals surface area contributed by atoms with Gasteiger partial charge < -0.3 is 14.8 Å². The monoisotopic (exact) mass is 332 g/mol. The maximum atomic E-state index is 12.6. The van der Waals surface area contributed by atoms with Crippen LogP contribution in [0.5, 0.6) is 11.5 Å². The molecule has 0 saturated carbocycles. The summed E-state index contributed by atoms with van der Waals surface area (Å²) in [6.45, 7) is 7.72. The van der Waals surface area contributed by atoms with Gasteiger partial charge in [-0.1, -0.05) is 12.1 Å². The lowest BCUT2D eigenvalue weighted by Gasteiger charge is -2.31. The van der Waals surface area contributed by atoms with Crippen molar-refractivity contribution in [3.63, 3.8) is 0 Å². The number of amides is 1. The van der Waals surface area contributed by atoms with E-state index in [-0.39, 0.29) is 18.1 Å². The molecule has 0 saturated heterocycles. The second-order valence-electron chi connectivity index (χ2n) is 5.72. The molecule has 6 heteroatoms. The number of hydrogen-bond donors (Lipinski definition) is 1. The quantitative estimate of drug-likeness (QED) is 0.938. The SMILES string of the molecule is Cc1nc(C)c([C@H](C)NC(=O)[C@@H]2Oc3ccccc3O[C@@H]2C)s1. The highest BCUT2D eigenvalue weighted by Crippen LogP contribution is 2.33. The highest BCUT2D eigenvalue weighted by Gasteiger charge is 2.34. The van der Waals surface area contributed by atoms with Crippen LogP contribution in [0.15, 0.2) is 24.3 Å². The molecule has 1 aliphatic heterocycles. The van der Waals surface area contributed by atoms with Crippen LogP contribution in [0, 0.1) is 13.8 Å². The lowest BCUT2D eigenvalue weighted by molar-refractivity contribution is -0.134. The zero-order valence-corrected chi connectivity index (χ0v) is 14.4. The van der Waals surface area contributed by atoms with E-state index in [0.717, 1.165) is 15.6 Å². The zero-order chi connectivity index (χ0) is 16.6. The number of aryl methyl sites for hydroxylation is 2. The Balaban J connectivity index is 1.72. The first-order valence-electron chi connectivity index (χ1n) is 7.62. The molecule has 3 rings (SSSR count). The van der Waals surface area contributed by atoms with Crippen LogP contribution < -0.4 is 14.8 Å². The van der Waals surface area contributed by atoms with E-state index in [9.17, 15) is 4.79 Å². The van der Waals surface area contributed by atoms with Gasteiger partial charge in [0.15, 0.2) is 11.5 Å². The molecule has 5 nitrogen and oxygen atoms in total. The fraction of sp³-hybridized carbons (Fsp3) is 0.412. The summed E-state index contributed by atoms with van der Waals surface area (Å²) in [6.07, 6.45) is -1.01. The van der Waals surface area contributed by atoms with Crippen molar-refractivity contribution in [1.82, 2.24) is 10.3 Å². The summed E-state index contributed by atoms with van der Waals surface area (Å²) in [5.74, 6) is 1.10. The second kappa shape index (κ2) is 6.20. The molecule has 1 aromatic heterocycles. The van der Waals surface area contributed by atoms with E-state index in [4.69, 9.17) is 9.47 Å². The molecule has 0 aliphatic carbocycles. The van der Waals surface area contributed by atoms with Crippen LogP contribution in [0.2, 0.25) is 0 Å². The fourth-order valence-corrected chi connectivity index (χ4v) is 3.65. The molecule has 1 N–H and O–H groups in total. The van der Waals surface area contributed by atoms with Gasteiger partial charge in [0.1, 0.15) is 6.10 Å². The van der Waals surface area contributed by atoms with E-state index in [0.29, 0.717) is 11.5 Å². The average molecular weight is 332 g/mol. The van der Waals surface area contributed by atoms with Crippen molar-refractivity contribution in [1.29, 1.82) is 0 Å². The van der Waals surface area contributed by atoms with Crippen molar-refractivity contribution in [3.05, 3.63) is 39.8 Å². The zero-order valence-electron chi connectivity index (χ0n) is 13.6. The summed E-state index contributed by atoms with van der Waals surface area (Å²) in [4.78, 5) is 18.1. The smallest absolute Gasteiger partial charge is 0.265 e. The third kappa shape index (κ3) is 3.17. The van der Waals surface area contributed by atoms with Gasteiger partial charge in [0.05, 0.1) is 16.7 Å². The van der Waals surface area contributed by atoms with E-state index in [1.807, 2.05) is 52.0 Å². The molecule has 0 radical (unpaired) electrons. The lowest BCUT2D eigenvalue weighted by Crippen LogP contribution is -2.49. The minimum Gasteiger partial charge on any atom is -0.482 e. The van der Waals surface area contributed by atoms with Gasteiger partial charge in [-0.3, -0.25) is 4.79 Å². The number of hydrogen-bond acceptors (Lipinski definition) is 5. The van der Waals surface area contributed by atoms with Crippen molar-refractivity contribution < 1.29 is 14.3 Å². The number of nitrogens with zero attached hydrogens (tertiary/aromatic N) is 1. The van der Waals surface area contributed by atoms with E-state index < -0.39 is 6.10 Å². The first-order chi connectivity index (χ1) is 11.0. The van der Waals surface area contributed by atoms with Gasteiger partial charge >= 0.3 is 0 Å². The van der Waals surface area contributed by atoms with E-state index >= 15 is 0 Å². The van der Waals surface area contributed by atoms with Crippen LogP contribution in [0.1, 0.15) is 35.5 Å². The third-order valence-corrected chi connectivity index (χ3v) is 5.05. The van der Waals surface area contributed by atoms with E-state index in [2.05, 4.69) is 10.3 Å². The molecule has 2 aromatic rings. The molecule has 0 bridgehead atoms. The Morgan fingerprint density at radius 3 is 2.52 bits per heavy atom. The predicted octanol–water partition coefficient (Wildman–Crippen LogP) is 3.17. The number of rotatable bonds is 3. The van der Waals surface area contributed by atoms with Gasteiger partial charge in [0.25, 0.3) is 5.91 Å². The Morgan fingerprint density at radius 1 is 1.26 bits per heavy atom. The molecule has 1 aromatic carbocycles. The summed E-state index contributed by atoms with van der Waals surface area (Å²) in [5, 5.41) is 4.01. The molecule has 0 unspecified atom stereocenters. The topological polar surface area (TPSA) is 60.5 Å². The number of carbonyl (C=O) groups excluding carboxylic acids is 1. The fourth-order valence-electron chi connectivity index (χ4n) is 2.72. The Morgan fingerprint density at radius 2 is 1.91 bits per heavy atom. The van der Waals surface area contributed by atoms with Crippen molar-refractivity contribution in [2.45, 2.75) is 45.9 Å². The number of aromatic nitrogens is 1. The molecule has 3 atom stereocenters. The van der Waals surface area contributed by atoms with Crippen molar-refractivity contribution in [3.8, 4) is 11.5 Å². The Hall–Kier alpha value is -2.08. The number of nitrogens with one attached hydrogen (secondary N) is 1. The standard InChI is InChI=1S/C17H20N2O3S/c1-9-16(23-12(4)18-9)10(2)19-17(20)15-11(3)21-13-7-5-6-8-14(13)22-15/h5-8,10-11,15H,1-4H3,(H,19,20)/t10-,11+,15+/m0/s1. The number of fused-ring (bicyclic) bond motifs is 1.